The van der Waals surface area contributed by atoms with E-state index >= 15 is 0 Å². The number of nitrogens with zero attached hydrogens (tertiary/aromatic N) is 3. The van der Waals surface area contributed by atoms with Gasteiger partial charge in [-0.2, -0.15) is 5.10 Å². The maximum absolute atomic E-state index is 4.24. The highest BCUT2D eigenvalue weighted by molar-refractivity contribution is 7.18. The zero-order chi connectivity index (χ0) is 11.7. The van der Waals surface area contributed by atoms with Crippen LogP contribution in [0.15, 0.2) is 23.2 Å². The standard InChI is InChI=1S/C11H10N4S2/c1-7-6-17-11-8(4-14-15-10(7)11)13-5-9-12-2-3-16-9/h2-4,6H,5H2,1H3,(H,13,15). The fraction of sp³-hybridized carbons (Fsp3) is 0.182. The molecule has 0 radical (unpaired) electrons. The van der Waals surface area contributed by atoms with Crippen molar-refractivity contribution in [3.63, 3.8) is 0 Å². The van der Waals surface area contributed by atoms with Gasteiger partial charge in [-0.25, -0.2) is 4.98 Å². The van der Waals surface area contributed by atoms with Gasteiger partial charge in [-0.3, -0.25) is 0 Å². The van der Waals surface area contributed by atoms with Gasteiger partial charge in [0.25, 0.3) is 0 Å². The average molecular weight is 262 g/mol. The highest BCUT2D eigenvalue weighted by atomic mass is 32.1. The lowest BCUT2D eigenvalue weighted by molar-refractivity contribution is 1.05. The topological polar surface area (TPSA) is 50.7 Å². The monoisotopic (exact) mass is 262 g/mol. The van der Waals surface area contributed by atoms with Crippen LogP contribution >= 0.6 is 22.7 Å². The molecule has 17 heavy (non-hydrogen) atoms. The number of aromatic nitrogens is 3. The molecule has 3 rings (SSSR count). The zero-order valence-electron chi connectivity index (χ0n) is 9.17. The zero-order valence-corrected chi connectivity index (χ0v) is 10.8. The minimum absolute atomic E-state index is 0.732. The first-order valence-electron chi connectivity index (χ1n) is 5.16. The molecule has 0 amide bonds. The van der Waals surface area contributed by atoms with Crippen LogP contribution in [0.4, 0.5) is 5.69 Å². The van der Waals surface area contributed by atoms with Crippen molar-refractivity contribution in [3.05, 3.63) is 33.7 Å². The van der Waals surface area contributed by atoms with Gasteiger partial charge in [0, 0.05) is 11.6 Å². The van der Waals surface area contributed by atoms with E-state index in [0.29, 0.717) is 0 Å². The predicted molar refractivity (Wildman–Crippen MR) is 71.6 cm³/mol. The number of thiophene rings is 1. The Hall–Kier alpha value is -1.53. The van der Waals surface area contributed by atoms with E-state index in [1.165, 1.54) is 5.56 Å². The van der Waals surface area contributed by atoms with Crippen molar-refractivity contribution in [2.45, 2.75) is 13.5 Å². The molecule has 0 unspecified atom stereocenters. The molecule has 0 saturated heterocycles. The molecule has 0 aliphatic carbocycles. The maximum Gasteiger partial charge on any atom is 0.112 e. The van der Waals surface area contributed by atoms with Gasteiger partial charge in [-0.05, 0) is 17.9 Å². The first-order chi connectivity index (χ1) is 8.34. The molecule has 3 aromatic heterocycles. The van der Waals surface area contributed by atoms with Gasteiger partial charge in [0.2, 0.25) is 0 Å². The summed E-state index contributed by atoms with van der Waals surface area (Å²) in [4.78, 5) is 4.24. The Kier molecular flexibility index (Phi) is 2.74. The van der Waals surface area contributed by atoms with Crippen LogP contribution in [-0.4, -0.2) is 15.2 Å². The normalized spacial score (nSPS) is 10.9. The van der Waals surface area contributed by atoms with Crippen molar-refractivity contribution in [1.82, 2.24) is 15.2 Å². The molecule has 6 heteroatoms. The SMILES string of the molecule is Cc1csc2c(NCc3nccs3)cnnc12. The number of aryl methyl sites for hydroxylation is 1. The summed E-state index contributed by atoms with van der Waals surface area (Å²) in [6, 6.07) is 0. The number of hydrogen-bond acceptors (Lipinski definition) is 6. The second-order valence-corrected chi connectivity index (χ2v) is 5.49. The van der Waals surface area contributed by atoms with Crippen molar-refractivity contribution >= 4 is 38.6 Å². The van der Waals surface area contributed by atoms with E-state index in [1.54, 1.807) is 28.9 Å². The molecular weight excluding hydrogens is 252 g/mol. The smallest absolute Gasteiger partial charge is 0.112 e. The molecule has 0 fully saturated rings. The summed E-state index contributed by atoms with van der Waals surface area (Å²) in [7, 11) is 0. The van der Waals surface area contributed by atoms with Gasteiger partial charge in [0.1, 0.15) is 10.5 Å². The van der Waals surface area contributed by atoms with Crippen molar-refractivity contribution in [3.8, 4) is 0 Å². The molecule has 0 aromatic carbocycles. The summed E-state index contributed by atoms with van der Waals surface area (Å²) in [5, 5.41) is 16.7. The number of hydrogen-bond donors (Lipinski definition) is 1. The Bertz CT molecular complexity index is 630. The lowest BCUT2D eigenvalue weighted by atomic mass is 10.3. The van der Waals surface area contributed by atoms with E-state index in [1.807, 2.05) is 11.6 Å². The van der Waals surface area contributed by atoms with E-state index in [2.05, 4.69) is 32.8 Å². The summed E-state index contributed by atoms with van der Waals surface area (Å²) in [5.41, 5.74) is 3.19. The van der Waals surface area contributed by atoms with Crippen LogP contribution in [0.1, 0.15) is 10.6 Å². The van der Waals surface area contributed by atoms with Crippen molar-refractivity contribution in [2.75, 3.05) is 5.32 Å². The van der Waals surface area contributed by atoms with E-state index in [0.717, 1.165) is 27.5 Å². The Morgan fingerprint density at radius 1 is 1.35 bits per heavy atom. The highest BCUT2D eigenvalue weighted by Gasteiger charge is 2.07. The molecular formula is C11H10N4S2. The van der Waals surface area contributed by atoms with Gasteiger partial charge in [-0.1, -0.05) is 0 Å². The molecule has 0 bridgehead atoms. The van der Waals surface area contributed by atoms with Gasteiger partial charge >= 0.3 is 0 Å². The number of anilines is 1. The molecule has 0 spiro atoms. The maximum atomic E-state index is 4.24. The Morgan fingerprint density at radius 3 is 3.12 bits per heavy atom. The first kappa shape index (κ1) is 10.6. The third-order valence-electron chi connectivity index (χ3n) is 2.44. The minimum atomic E-state index is 0.732. The van der Waals surface area contributed by atoms with E-state index < -0.39 is 0 Å². The number of nitrogens with one attached hydrogen (secondary N) is 1. The number of rotatable bonds is 3. The number of fused-ring (bicyclic) bond motifs is 1. The molecule has 3 aromatic rings. The van der Waals surface area contributed by atoms with Crippen LogP contribution in [-0.2, 0) is 6.54 Å². The van der Waals surface area contributed by atoms with Gasteiger partial charge in [-0.15, -0.1) is 27.8 Å². The van der Waals surface area contributed by atoms with E-state index in [4.69, 9.17) is 0 Å². The number of thiazole rings is 1. The van der Waals surface area contributed by atoms with E-state index in [9.17, 15) is 0 Å². The molecule has 0 aliphatic heterocycles. The van der Waals surface area contributed by atoms with Gasteiger partial charge < -0.3 is 5.32 Å². The predicted octanol–water partition coefficient (Wildman–Crippen LogP) is 3.07. The summed E-state index contributed by atoms with van der Waals surface area (Å²) in [6.45, 7) is 2.79. The molecule has 1 N–H and O–H groups in total. The van der Waals surface area contributed by atoms with Crippen LogP contribution in [0, 0.1) is 6.92 Å². The third-order valence-corrected chi connectivity index (χ3v) is 4.34. The fourth-order valence-corrected chi connectivity index (χ4v) is 3.12. The highest BCUT2D eigenvalue weighted by Crippen LogP contribution is 2.29. The summed E-state index contributed by atoms with van der Waals surface area (Å²) in [5.74, 6) is 0. The Balaban J connectivity index is 1.90. The molecule has 4 nitrogen and oxygen atoms in total. The summed E-state index contributed by atoms with van der Waals surface area (Å²) >= 11 is 3.34. The van der Waals surface area contributed by atoms with Crippen molar-refractivity contribution in [2.24, 2.45) is 0 Å². The van der Waals surface area contributed by atoms with E-state index in [-0.39, 0.29) is 0 Å². The first-order valence-corrected chi connectivity index (χ1v) is 6.92. The summed E-state index contributed by atoms with van der Waals surface area (Å²) in [6.07, 6.45) is 3.59. The molecule has 3 heterocycles. The van der Waals surface area contributed by atoms with Crippen LogP contribution in [0.5, 0.6) is 0 Å². The molecule has 0 saturated carbocycles. The van der Waals surface area contributed by atoms with Crippen LogP contribution in [0.2, 0.25) is 0 Å². The van der Waals surface area contributed by atoms with Gasteiger partial charge in [0.05, 0.1) is 23.1 Å². The lowest BCUT2D eigenvalue weighted by Gasteiger charge is -2.04. The van der Waals surface area contributed by atoms with Gasteiger partial charge in [0.15, 0.2) is 0 Å². The lowest BCUT2D eigenvalue weighted by Crippen LogP contribution is -2.00. The Labute approximate surface area is 106 Å². The molecule has 0 atom stereocenters. The summed E-state index contributed by atoms with van der Waals surface area (Å²) < 4.78 is 1.16. The second kappa shape index (κ2) is 4.38. The van der Waals surface area contributed by atoms with Crippen molar-refractivity contribution in [1.29, 1.82) is 0 Å². The molecule has 0 aliphatic rings. The van der Waals surface area contributed by atoms with Crippen LogP contribution in [0.3, 0.4) is 0 Å². The second-order valence-electron chi connectivity index (χ2n) is 3.63. The van der Waals surface area contributed by atoms with Crippen molar-refractivity contribution < 1.29 is 0 Å². The largest absolute Gasteiger partial charge is 0.376 e. The quantitative estimate of drug-likeness (QED) is 0.788. The fourth-order valence-electron chi connectivity index (χ4n) is 1.59. The Morgan fingerprint density at radius 2 is 2.29 bits per heavy atom. The van der Waals surface area contributed by atoms with Crippen LogP contribution in [0.25, 0.3) is 10.2 Å². The third kappa shape index (κ3) is 2.01. The minimum Gasteiger partial charge on any atom is -0.376 e. The average Bonchev–Trinajstić information content (AvgIpc) is 2.97. The molecule has 86 valence electrons. The van der Waals surface area contributed by atoms with Crippen LogP contribution < -0.4 is 5.32 Å².